The molecule has 0 radical (unpaired) electrons. The molecule has 3 rings (SSSR count). The zero-order chi connectivity index (χ0) is 19.6. The van der Waals surface area contributed by atoms with Gasteiger partial charge in [0, 0.05) is 11.2 Å². The maximum Gasteiger partial charge on any atom is 0.362 e. The fraction of sp³-hybridized carbons (Fsp3) is 0.133. The summed E-state index contributed by atoms with van der Waals surface area (Å²) >= 11 is 11.9. The van der Waals surface area contributed by atoms with Crippen molar-refractivity contribution < 1.29 is 14.5 Å². The smallest absolute Gasteiger partial charge is 0.362 e. The normalized spacial score (nSPS) is 10.6. The van der Waals surface area contributed by atoms with E-state index in [4.69, 9.17) is 27.9 Å². The molecule has 0 fully saturated rings. The number of hydrogen-bond acceptors (Lipinski definition) is 6. The molecule has 27 heavy (non-hydrogen) atoms. The minimum Gasteiger partial charge on any atom is -0.475 e. The molecular weight excluding hydrogens is 399 g/mol. The molecule has 140 valence electrons. The molecule has 12 heteroatoms. The molecule has 0 aliphatic rings. The van der Waals surface area contributed by atoms with Crippen LogP contribution in [0.5, 0.6) is 5.88 Å². The van der Waals surface area contributed by atoms with Gasteiger partial charge in [0.05, 0.1) is 18.6 Å². The van der Waals surface area contributed by atoms with Gasteiger partial charge in [-0.25, -0.2) is 0 Å². The summed E-state index contributed by atoms with van der Waals surface area (Å²) in [5.41, 5.74) is -0.0303. The summed E-state index contributed by atoms with van der Waals surface area (Å²) in [6.07, 6.45) is 1.52. The number of methoxy groups -OCH3 is 1. The van der Waals surface area contributed by atoms with E-state index in [1.807, 2.05) is 12.1 Å². The van der Waals surface area contributed by atoms with E-state index in [1.165, 1.54) is 18.0 Å². The number of halogens is 2. The van der Waals surface area contributed by atoms with E-state index in [9.17, 15) is 14.9 Å². The van der Waals surface area contributed by atoms with Gasteiger partial charge in [-0.1, -0.05) is 35.3 Å². The van der Waals surface area contributed by atoms with Crippen LogP contribution >= 0.6 is 23.2 Å². The van der Waals surface area contributed by atoms with Crippen molar-refractivity contribution in [3.05, 3.63) is 61.9 Å². The monoisotopic (exact) mass is 410 g/mol. The number of ether oxygens (including phenoxy) is 1. The highest BCUT2D eigenvalue weighted by atomic mass is 35.5. The van der Waals surface area contributed by atoms with Gasteiger partial charge in [-0.3, -0.25) is 24.7 Å². The Bertz CT molecular complexity index is 998. The zero-order valence-electron chi connectivity index (χ0n) is 13.8. The number of hydrogen-bond donors (Lipinski definition) is 2. The van der Waals surface area contributed by atoms with Crippen molar-refractivity contribution in [2.75, 3.05) is 12.4 Å². The van der Waals surface area contributed by atoms with Crippen molar-refractivity contribution >= 4 is 40.6 Å². The highest BCUT2D eigenvalue weighted by Gasteiger charge is 2.30. The summed E-state index contributed by atoms with van der Waals surface area (Å²) in [5, 5.41) is 24.4. The van der Waals surface area contributed by atoms with Gasteiger partial charge < -0.3 is 10.1 Å². The maximum absolute atomic E-state index is 12.4. The molecule has 2 N–H and O–H groups in total. The van der Waals surface area contributed by atoms with Gasteiger partial charge in [0.15, 0.2) is 5.82 Å². The number of rotatable bonds is 6. The molecule has 0 aliphatic heterocycles. The lowest BCUT2D eigenvalue weighted by atomic mass is 10.2. The number of carbonyl (C=O) groups is 1. The summed E-state index contributed by atoms with van der Waals surface area (Å²) in [6.45, 7) is 0.394. The largest absolute Gasteiger partial charge is 0.475 e. The van der Waals surface area contributed by atoms with Gasteiger partial charge >= 0.3 is 11.6 Å². The number of carbonyl (C=O) groups excluding carboxylic acids is 1. The summed E-state index contributed by atoms with van der Waals surface area (Å²) in [5.74, 6) is -1.07. The molecule has 0 saturated carbocycles. The van der Waals surface area contributed by atoms with Crippen LogP contribution in [0.25, 0.3) is 0 Å². The topological polar surface area (TPSA) is 128 Å². The van der Waals surface area contributed by atoms with Gasteiger partial charge in [-0.15, -0.1) is 5.10 Å². The molecule has 1 aromatic carbocycles. The molecular formula is C15H12Cl2N6O4. The Hall–Kier alpha value is -3.11. The minimum absolute atomic E-state index is 0.0542. The molecule has 0 bridgehead atoms. The van der Waals surface area contributed by atoms with Crippen LogP contribution in [0.15, 0.2) is 30.5 Å². The van der Waals surface area contributed by atoms with E-state index in [1.54, 1.807) is 12.1 Å². The third-order valence-corrected chi connectivity index (χ3v) is 4.05. The van der Waals surface area contributed by atoms with Crippen LogP contribution < -0.4 is 10.1 Å². The van der Waals surface area contributed by atoms with Gasteiger partial charge in [0.2, 0.25) is 5.69 Å². The third kappa shape index (κ3) is 4.01. The van der Waals surface area contributed by atoms with Crippen molar-refractivity contribution in [2.45, 2.75) is 6.54 Å². The van der Waals surface area contributed by atoms with Gasteiger partial charge in [0.1, 0.15) is 5.02 Å². The van der Waals surface area contributed by atoms with Crippen LogP contribution in [0.2, 0.25) is 10.0 Å². The molecule has 3 aromatic rings. The van der Waals surface area contributed by atoms with E-state index in [-0.39, 0.29) is 22.4 Å². The molecule has 0 aliphatic carbocycles. The summed E-state index contributed by atoms with van der Waals surface area (Å²) < 4.78 is 6.29. The Balaban J connectivity index is 1.79. The zero-order valence-corrected chi connectivity index (χ0v) is 15.3. The molecule has 0 unspecified atom stereocenters. The van der Waals surface area contributed by atoms with Crippen molar-refractivity contribution in [3.8, 4) is 5.88 Å². The average molecular weight is 411 g/mol. The maximum atomic E-state index is 12.4. The number of aromatic amines is 1. The fourth-order valence-electron chi connectivity index (χ4n) is 2.30. The Kier molecular flexibility index (Phi) is 5.28. The quantitative estimate of drug-likeness (QED) is 0.474. The van der Waals surface area contributed by atoms with Crippen molar-refractivity contribution in [1.29, 1.82) is 0 Å². The van der Waals surface area contributed by atoms with E-state index in [2.05, 4.69) is 20.6 Å². The molecule has 2 aromatic heterocycles. The third-order valence-electron chi connectivity index (χ3n) is 3.52. The van der Waals surface area contributed by atoms with Crippen LogP contribution in [-0.2, 0) is 6.54 Å². The van der Waals surface area contributed by atoms with E-state index < -0.39 is 16.5 Å². The van der Waals surface area contributed by atoms with E-state index in [0.29, 0.717) is 11.6 Å². The van der Waals surface area contributed by atoms with Crippen molar-refractivity contribution in [2.24, 2.45) is 0 Å². The van der Waals surface area contributed by atoms with Crippen LogP contribution in [0, 0.1) is 10.1 Å². The molecule has 0 saturated heterocycles. The summed E-state index contributed by atoms with van der Waals surface area (Å²) in [7, 11) is 1.21. The standard InChI is InChI=1S/C15H12Cl2N6O4/c1-27-15-12(23(25)26)11(19-20-15)14(24)18-13-10(17)7-22(21-13)6-8-2-4-9(16)5-3-8/h2-5,7H,6H2,1H3,(H,19,20)(H,18,21,24). The van der Waals surface area contributed by atoms with Crippen LogP contribution in [0.3, 0.4) is 0 Å². The molecule has 1 amide bonds. The van der Waals surface area contributed by atoms with Gasteiger partial charge in [-0.2, -0.15) is 5.10 Å². The Morgan fingerprint density at radius 2 is 2.07 bits per heavy atom. The lowest BCUT2D eigenvalue weighted by molar-refractivity contribution is -0.386. The second kappa shape index (κ2) is 7.64. The SMILES string of the molecule is COc1n[nH]c(C(=O)Nc2nn(Cc3ccc(Cl)cc3)cc2Cl)c1[N+](=O)[O-]. The van der Waals surface area contributed by atoms with Crippen molar-refractivity contribution in [3.63, 3.8) is 0 Å². The van der Waals surface area contributed by atoms with Crippen LogP contribution in [0.4, 0.5) is 11.5 Å². The second-order valence-corrected chi connectivity index (χ2v) is 6.16. The van der Waals surface area contributed by atoms with E-state index >= 15 is 0 Å². The molecule has 10 nitrogen and oxygen atoms in total. The molecule has 2 heterocycles. The average Bonchev–Trinajstić information content (AvgIpc) is 3.20. The number of amides is 1. The molecule has 0 spiro atoms. The van der Waals surface area contributed by atoms with Gasteiger partial charge in [-0.05, 0) is 17.7 Å². The van der Waals surface area contributed by atoms with E-state index in [0.717, 1.165) is 5.56 Å². The Morgan fingerprint density at radius 3 is 2.70 bits per heavy atom. The first kappa shape index (κ1) is 18.7. The Morgan fingerprint density at radius 1 is 1.37 bits per heavy atom. The first-order valence-electron chi connectivity index (χ1n) is 7.44. The number of nitro groups is 1. The lowest BCUT2D eigenvalue weighted by Crippen LogP contribution is -2.15. The number of anilines is 1. The summed E-state index contributed by atoms with van der Waals surface area (Å²) in [6, 6.07) is 7.15. The predicted molar refractivity (Wildman–Crippen MR) is 97.5 cm³/mol. The number of H-pyrrole nitrogens is 1. The highest BCUT2D eigenvalue weighted by molar-refractivity contribution is 6.33. The first-order valence-corrected chi connectivity index (χ1v) is 8.20. The number of benzene rings is 1. The number of nitrogens with one attached hydrogen (secondary N) is 2. The highest BCUT2D eigenvalue weighted by Crippen LogP contribution is 2.29. The second-order valence-electron chi connectivity index (χ2n) is 5.32. The lowest BCUT2D eigenvalue weighted by Gasteiger charge is -2.02. The first-order chi connectivity index (χ1) is 12.9. The summed E-state index contributed by atoms with van der Waals surface area (Å²) in [4.78, 5) is 22.7. The predicted octanol–water partition coefficient (Wildman–Crippen LogP) is 3.13. The van der Waals surface area contributed by atoms with Crippen LogP contribution in [-0.4, -0.2) is 37.9 Å². The number of aromatic nitrogens is 4. The van der Waals surface area contributed by atoms with Gasteiger partial charge in [0.25, 0.3) is 5.91 Å². The fourth-order valence-corrected chi connectivity index (χ4v) is 2.62. The minimum atomic E-state index is -0.823. The number of nitrogens with zero attached hydrogens (tertiary/aromatic N) is 4. The van der Waals surface area contributed by atoms with Crippen LogP contribution in [0.1, 0.15) is 16.1 Å². The molecule has 0 atom stereocenters. The van der Waals surface area contributed by atoms with Crippen molar-refractivity contribution in [1.82, 2.24) is 20.0 Å². The Labute approximate surface area is 162 Å².